The maximum atomic E-state index is 12.8. The molecule has 0 unspecified atom stereocenters. The molecule has 1 aliphatic rings. The normalized spacial score (nSPS) is 15.2. The Bertz CT molecular complexity index is 1460. The highest BCUT2D eigenvalue weighted by atomic mass is 35.5. The van der Waals surface area contributed by atoms with Gasteiger partial charge in [-0.25, -0.2) is 21.1 Å². The van der Waals surface area contributed by atoms with Gasteiger partial charge in [0.2, 0.25) is 15.9 Å². The highest BCUT2D eigenvalue weighted by Gasteiger charge is 2.31. The van der Waals surface area contributed by atoms with E-state index in [-0.39, 0.29) is 33.2 Å². The van der Waals surface area contributed by atoms with E-state index in [1.54, 1.807) is 24.3 Å². The maximum absolute atomic E-state index is 12.8. The minimum atomic E-state index is -3.85. The topological polar surface area (TPSA) is 113 Å². The monoisotopic (exact) mass is 575 g/mol. The minimum Gasteiger partial charge on any atom is -0.326 e. The van der Waals surface area contributed by atoms with Gasteiger partial charge in [-0.1, -0.05) is 54.1 Å². The molecule has 1 amide bonds. The third-order valence-corrected chi connectivity index (χ3v) is 10.1. The molecule has 202 valence electrons. The van der Waals surface area contributed by atoms with E-state index < -0.39 is 20.0 Å². The molecule has 2 N–H and O–H groups in total. The number of aryl methyl sites for hydroxylation is 1. The van der Waals surface area contributed by atoms with Gasteiger partial charge < -0.3 is 5.32 Å². The molecule has 3 aromatic rings. The third kappa shape index (κ3) is 7.35. The van der Waals surface area contributed by atoms with Gasteiger partial charge in [-0.05, 0) is 67.6 Å². The van der Waals surface area contributed by atoms with Gasteiger partial charge in [-0.3, -0.25) is 9.52 Å². The van der Waals surface area contributed by atoms with Crippen LogP contribution in [0.1, 0.15) is 24.8 Å². The van der Waals surface area contributed by atoms with Crippen molar-refractivity contribution in [2.75, 3.05) is 28.9 Å². The first-order valence-electron chi connectivity index (χ1n) is 12.3. The van der Waals surface area contributed by atoms with Crippen LogP contribution in [0.25, 0.3) is 0 Å². The molecule has 0 atom stereocenters. The van der Waals surface area contributed by atoms with E-state index >= 15 is 0 Å². The number of halogens is 1. The summed E-state index contributed by atoms with van der Waals surface area (Å²) in [5.41, 5.74) is 1.85. The van der Waals surface area contributed by atoms with Crippen LogP contribution in [0.3, 0.4) is 0 Å². The minimum absolute atomic E-state index is 0.0289. The summed E-state index contributed by atoms with van der Waals surface area (Å²) in [7, 11) is -7.23. The Morgan fingerprint density at radius 2 is 1.50 bits per heavy atom. The van der Waals surface area contributed by atoms with Crippen LogP contribution < -0.4 is 10.0 Å². The number of nitrogens with zero attached hydrogens (tertiary/aromatic N) is 1. The molecular weight excluding hydrogens is 546 g/mol. The van der Waals surface area contributed by atoms with Gasteiger partial charge in [0.25, 0.3) is 10.0 Å². The first-order valence-corrected chi connectivity index (χ1v) is 15.8. The van der Waals surface area contributed by atoms with Gasteiger partial charge in [0, 0.05) is 24.7 Å². The van der Waals surface area contributed by atoms with E-state index in [9.17, 15) is 21.6 Å². The summed E-state index contributed by atoms with van der Waals surface area (Å²) in [6, 6.07) is 22.2. The van der Waals surface area contributed by atoms with Gasteiger partial charge >= 0.3 is 0 Å². The van der Waals surface area contributed by atoms with Crippen LogP contribution in [0.5, 0.6) is 0 Å². The molecule has 11 heteroatoms. The Morgan fingerprint density at radius 1 is 0.868 bits per heavy atom. The maximum Gasteiger partial charge on any atom is 0.261 e. The molecule has 4 rings (SSSR count). The van der Waals surface area contributed by atoms with Gasteiger partial charge in [-0.2, -0.15) is 0 Å². The van der Waals surface area contributed by atoms with Crippen molar-refractivity contribution in [1.82, 2.24) is 4.31 Å². The summed E-state index contributed by atoms with van der Waals surface area (Å²) in [5.74, 6) is -0.453. The molecule has 1 aliphatic heterocycles. The largest absolute Gasteiger partial charge is 0.326 e. The second-order valence-corrected chi connectivity index (χ2v) is 13.4. The van der Waals surface area contributed by atoms with Crippen LogP contribution in [0, 0.1) is 5.92 Å². The number of para-hydroxylation sites is 1. The SMILES string of the molecule is O=C(Nc1ccc(S(=O)(=O)Nc2ccccc2Cl)cc1)C1CCN(S(=O)(=O)CCCc2ccccc2)CC1. The van der Waals surface area contributed by atoms with E-state index in [0.29, 0.717) is 44.5 Å². The van der Waals surface area contributed by atoms with Crippen LogP contribution in [0.4, 0.5) is 11.4 Å². The van der Waals surface area contributed by atoms with Gasteiger partial charge in [-0.15, -0.1) is 0 Å². The van der Waals surface area contributed by atoms with E-state index in [1.165, 1.54) is 28.6 Å². The molecule has 1 fully saturated rings. The highest BCUT2D eigenvalue weighted by Crippen LogP contribution is 2.26. The standard InChI is InChI=1S/C27H30ClN3O5S2/c28-25-10-4-5-11-26(25)30-38(35,36)24-14-12-23(13-15-24)29-27(32)22-16-18-31(19-17-22)37(33,34)20-6-9-21-7-2-1-3-8-21/h1-5,7-8,10-15,22,30H,6,9,16-20H2,(H,29,32). The van der Waals surface area contributed by atoms with Crippen molar-refractivity contribution < 1.29 is 21.6 Å². The van der Waals surface area contributed by atoms with Crippen molar-refractivity contribution in [2.24, 2.45) is 5.92 Å². The number of hydrogen-bond acceptors (Lipinski definition) is 5. The van der Waals surface area contributed by atoms with E-state index in [4.69, 9.17) is 11.6 Å². The number of anilines is 2. The Morgan fingerprint density at radius 3 is 2.16 bits per heavy atom. The Kier molecular flexibility index (Phi) is 9.09. The number of hydrogen-bond donors (Lipinski definition) is 2. The number of amides is 1. The second kappa shape index (κ2) is 12.3. The summed E-state index contributed by atoms with van der Waals surface area (Å²) < 4.78 is 54.8. The fourth-order valence-corrected chi connectivity index (χ4v) is 7.19. The van der Waals surface area contributed by atoms with Gasteiger partial charge in [0.1, 0.15) is 0 Å². The van der Waals surface area contributed by atoms with Crippen molar-refractivity contribution in [3.05, 3.63) is 89.4 Å². The van der Waals surface area contributed by atoms with Crippen LogP contribution >= 0.6 is 11.6 Å². The first-order chi connectivity index (χ1) is 18.1. The predicted molar refractivity (Wildman–Crippen MR) is 150 cm³/mol. The van der Waals surface area contributed by atoms with Crippen LogP contribution in [0.2, 0.25) is 5.02 Å². The average molecular weight is 576 g/mol. The second-order valence-electron chi connectivity index (χ2n) is 9.18. The lowest BCUT2D eigenvalue weighted by molar-refractivity contribution is -0.120. The van der Waals surface area contributed by atoms with Gasteiger partial charge in [0.05, 0.1) is 21.4 Å². The molecule has 8 nitrogen and oxygen atoms in total. The lowest BCUT2D eigenvalue weighted by Gasteiger charge is -2.30. The van der Waals surface area contributed by atoms with E-state index in [2.05, 4.69) is 10.0 Å². The van der Waals surface area contributed by atoms with E-state index in [0.717, 1.165) is 5.56 Å². The smallest absolute Gasteiger partial charge is 0.261 e. The fourth-order valence-electron chi connectivity index (χ4n) is 4.34. The number of nitrogens with one attached hydrogen (secondary N) is 2. The molecule has 0 spiro atoms. The zero-order valence-electron chi connectivity index (χ0n) is 20.7. The zero-order valence-corrected chi connectivity index (χ0v) is 23.1. The Labute approximate surface area is 229 Å². The Hall–Kier alpha value is -2.92. The number of carbonyl (C=O) groups is 1. The van der Waals surface area contributed by atoms with Crippen LogP contribution in [-0.2, 0) is 31.3 Å². The molecular formula is C27H30ClN3O5S2. The molecule has 0 aliphatic carbocycles. The summed E-state index contributed by atoms with van der Waals surface area (Å²) >= 11 is 6.04. The van der Waals surface area contributed by atoms with E-state index in [1.807, 2.05) is 30.3 Å². The Balaban J connectivity index is 1.26. The molecule has 38 heavy (non-hydrogen) atoms. The lowest BCUT2D eigenvalue weighted by Crippen LogP contribution is -2.42. The predicted octanol–water partition coefficient (Wildman–Crippen LogP) is 4.75. The fraction of sp³-hybridized carbons (Fsp3) is 0.296. The van der Waals surface area contributed by atoms with Crippen molar-refractivity contribution in [1.29, 1.82) is 0 Å². The number of piperidine rings is 1. The number of sulfonamides is 2. The number of rotatable bonds is 10. The van der Waals surface area contributed by atoms with Crippen molar-refractivity contribution in [2.45, 2.75) is 30.6 Å². The van der Waals surface area contributed by atoms with Crippen molar-refractivity contribution >= 4 is 48.9 Å². The first kappa shape index (κ1) is 28.1. The number of carbonyl (C=O) groups excluding carboxylic acids is 1. The number of benzene rings is 3. The molecule has 1 heterocycles. The highest BCUT2D eigenvalue weighted by molar-refractivity contribution is 7.92. The molecule has 1 saturated heterocycles. The third-order valence-electron chi connectivity index (χ3n) is 6.48. The average Bonchev–Trinajstić information content (AvgIpc) is 2.91. The molecule has 0 aromatic heterocycles. The molecule has 0 saturated carbocycles. The summed E-state index contributed by atoms with van der Waals surface area (Å²) in [5, 5.41) is 3.10. The van der Waals surface area contributed by atoms with Crippen molar-refractivity contribution in [3.63, 3.8) is 0 Å². The summed E-state index contributed by atoms with van der Waals surface area (Å²) in [6.07, 6.45) is 2.11. The molecule has 0 radical (unpaired) electrons. The lowest BCUT2D eigenvalue weighted by atomic mass is 9.97. The molecule has 0 bridgehead atoms. The zero-order chi connectivity index (χ0) is 27.2. The van der Waals surface area contributed by atoms with Crippen LogP contribution in [-0.4, -0.2) is 45.9 Å². The summed E-state index contributed by atoms with van der Waals surface area (Å²) in [6.45, 7) is 0.604. The van der Waals surface area contributed by atoms with Gasteiger partial charge in [0.15, 0.2) is 0 Å². The van der Waals surface area contributed by atoms with Crippen LogP contribution in [0.15, 0.2) is 83.8 Å². The van der Waals surface area contributed by atoms with Crippen molar-refractivity contribution in [3.8, 4) is 0 Å². The quantitative estimate of drug-likeness (QED) is 0.362. The summed E-state index contributed by atoms with van der Waals surface area (Å²) in [4.78, 5) is 12.8. The molecule has 3 aromatic carbocycles.